The predicted molar refractivity (Wildman–Crippen MR) is 79.0 cm³/mol. The Balaban J connectivity index is 1.94. The number of benzene rings is 1. The van der Waals surface area contributed by atoms with Crippen LogP contribution in [0.4, 0.5) is 0 Å². The Morgan fingerprint density at radius 2 is 2.14 bits per heavy atom. The SMILES string of the molecule is Cc1cc(CN(C)C(=O)[C@H](C)Oc2ccc(C#N)cc2)no1. The molecule has 1 amide bonds. The minimum Gasteiger partial charge on any atom is -0.481 e. The molecule has 1 atom stereocenters. The van der Waals surface area contributed by atoms with Gasteiger partial charge < -0.3 is 14.2 Å². The number of rotatable bonds is 5. The topological polar surface area (TPSA) is 79.4 Å². The predicted octanol–water partition coefficient (Wildman–Crippen LogP) is 2.28. The lowest BCUT2D eigenvalue weighted by Crippen LogP contribution is -2.37. The number of hydrogen-bond acceptors (Lipinski definition) is 5. The van der Waals surface area contributed by atoms with E-state index in [4.69, 9.17) is 14.5 Å². The molecule has 2 aromatic rings. The van der Waals surface area contributed by atoms with E-state index in [1.54, 1.807) is 51.2 Å². The zero-order valence-corrected chi connectivity index (χ0v) is 12.7. The molecule has 6 heteroatoms. The zero-order valence-electron chi connectivity index (χ0n) is 12.7. The highest BCUT2D eigenvalue weighted by Crippen LogP contribution is 2.15. The normalized spacial score (nSPS) is 11.5. The molecule has 0 saturated heterocycles. The molecule has 0 aliphatic heterocycles. The first-order chi connectivity index (χ1) is 10.5. The standard InChI is InChI=1S/C16H17N3O3/c1-11-8-14(18-22-11)10-19(3)16(20)12(2)21-15-6-4-13(9-17)5-7-15/h4-8,12H,10H2,1-3H3/t12-/m0/s1. The van der Waals surface area contributed by atoms with Crippen molar-refractivity contribution in [1.82, 2.24) is 10.1 Å². The molecule has 1 aromatic carbocycles. The molecule has 2 rings (SSSR count). The number of nitrogens with zero attached hydrogens (tertiary/aromatic N) is 3. The Kier molecular flexibility index (Phi) is 4.79. The highest BCUT2D eigenvalue weighted by molar-refractivity contribution is 5.80. The van der Waals surface area contributed by atoms with Crippen LogP contribution in [-0.4, -0.2) is 29.1 Å². The van der Waals surface area contributed by atoms with Crippen molar-refractivity contribution in [2.45, 2.75) is 26.5 Å². The number of likely N-dealkylation sites (N-methyl/N-ethyl adjacent to an activating group) is 1. The van der Waals surface area contributed by atoms with Gasteiger partial charge in [0.1, 0.15) is 17.2 Å². The molecule has 0 saturated carbocycles. The van der Waals surface area contributed by atoms with Crippen molar-refractivity contribution in [3.63, 3.8) is 0 Å². The zero-order chi connectivity index (χ0) is 16.1. The largest absolute Gasteiger partial charge is 0.481 e. The van der Waals surface area contributed by atoms with Crippen molar-refractivity contribution in [3.05, 3.63) is 47.3 Å². The third-order valence-corrected chi connectivity index (χ3v) is 3.10. The number of carbonyl (C=O) groups excluding carboxylic acids is 1. The fourth-order valence-electron chi connectivity index (χ4n) is 1.99. The second-order valence-corrected chi connectivity index (χ2v) is 5.02. The summed E-state index contributed by atoms with van der Waals surface area (Å²) in [6.07, 6.45) is -0.633. The molecule has 0 N–H and O–H groups in total. The maximum atomic E-state index is 12.3. The molecule has 1 heterocycles. The van der Waals surface area contributed by atoms with E-state index in [-0.39, 0.29) is 5.91 Å². The van der Waals surface area contributed by atoms with Gasteiger partial charge in [0.05, 0.1) is 18.2 Å². The van der Waals surface area contributed by atoms with Crippen molar-refractivity contribution in [2.75, 3.05) is 7.05 Å². The van der Waals surface area contributed by atoms with E-state index in [1.807, 2.05) is 6.07 Å². The third kappa shape index (κ3) is 3.85. The Morgan fingerprint density at radius 1 is 1.45 bits per heavy atom. The quantitative estimate of drug-likeness (QED) is 0.846. The summed E-state index contributed by atoms with van der Waals surface area (Å²) in [5.74, 6) is 1.09. The molecular weight excluding hydrogens is 282 g/mol. The maximum Gasteiger partial charge on any atom is 0.263 e. The summed E-state index contributed by atoms with van der Waals surface area (Å²) in [5, 5.41) is 12.6. The second kappa shape index (κ2) is 6.76. The molecule has 0 bridgehead atoms. The molecule has 0 fully saturated rings. The fourth-order valence-corrected chi connectivity index (χ4v) is 1.99. The minimum absolute atomic E-state index is 0.162. The number of aryl methyl sites for hydroxylation is 1. The summed E-state index contributed by atoms with van der Waals surface area (Å²) in [4.78, 5) is 13.8. The average Bonchev–Trinajstić information content (AvgIpc) is 2.92. The summed E-state index contributed by atoms with van der Waals surface area (Å²) in [6, 6.07) is 10.5. The number of ether oxygens (including phenoxy) is 1. The summed E-state index contributed by atoms with van der Waals surface area (Å²) >= 11 is 0. The molecular formula is C16H17N3O3. The van der Waals surface area contributed by atoms with Crippen molar-refractivity contribution in [2.24, 2.45) is 0 Å². The molecule has 0 radical (unpaired) electrons. The van der Waals surface area contributed by atoms with Crippen LogP contribution in [0.5, 0.6) is 5.75 Å². The van der Waals surface area contributed by atoms with Crippen molar-refractivity contribution in [3.8, 4) is 11.8 Å². The van der Waals surface area contributed by atoms with Gasteiger partial charge in [-0.2, -0.15) is 5.26 Å². The number of carbonyl (C=O) groups is 1. The van der Waals surface area contributed by atoms with Crippen molar-refractivity contribution >= 4 is 5.91 Å². The number of amides is 1. The summed E-state index contributed by atoms with van der Waals surface area (Å²) < 4.78 is 10.6. The van der Waals surface area contributed by atoms with Gasteiger partial charge in [-0.15, -0.1) is 0 Å². The molecule has 0 spiro atoms. The molecule has 0 aliphatic rings. The van der Waals surface area contributed by atoms with Gasteiger partial charge in [-0.1, -0.05) is 5.16 Å². The number of nitriles is 1. The van der Waals surface area contributed by atoms with Gasteiger partial charge >= 0.3 is 0 Å². The fraction of sp³-hybridized carbons (Fsp3) is 0.312. The van der Waals surface area contributed by atoms with Crippen LogP contribution in [0.1, 0.15) is 23.9 Å². The van der Waals surface area contributed by atoms with Gasteiger partial charge in [-0.25, -0.2) is 0 Å². The lowest BCUT2D eigenvalue weighted by molar-refractivity contribution is -0.137. The highest BCUT2D eigenvalue weighted by atomic mass is 16.5. The summed E-state index contributed by atoms with van der Waals surface area (Å²) in [7, 11) is 1.69. The van der Waals surface area contributed by atoms with Crippen LogP contribution in [0.25, 0.3) is 0 Å². The molecule has 0 unspecified atom stereocenters. The van der Waals surface area contributed by atoms with Crippen molar-refractivity contribution < 1.29 is 14.1 Å². The molecule has 6 nitrogen and oxygen atoms in total. The number of hydrogen-bond donors (Lipinski definition) is 0. The van der Waals surface area contributed by atoms with Crippen LogP contribution >= 0.6 is 0 Å². The van der Waals surface area contributed by atoms with Gasteiger partial charge in [0.25, 0.3) is 5.91 Å². The molecule has 0 aliphatic carbocycles. The minimum atomic E-state index is -0.633. The first kappa shape index (κ1) is 15.6. The molecule has 1 aromatic heterocycles. The number of aromatic nitrogens is 1. The van der Waals surface area contributed by atoms with E-state index in [9.17, 15) is 4.79 Å². The first-order valence-corrected chi connectivity index (χ1v) is 6.83. The highest BCUT2D eigenvalue weighted by Gasteiger charge is 2.20. The molecule has 22 heavy (non-hydrogen) atoms. The maximum absolute atomic E-state index is 12.3. The van der Waals surface area contributed by atoms with Gasteiger partial charge in [0.15, 0.2) is 6.10 Å². The van der Waals surface area contributed by atoms with E-state index in [2.05, 4.69) is 5.16 Å². The Hall–Kier alpha value is -2.81. The first-order valence-electron chi connectivity index (χ1n) is 6.83. The second-order valence-electron chi connectivity index (χ2n) is 5.02. The van der Waals surface area contributed by atoms with Gasteiger partial charge in [-0.3, -0.25) is 4.79 Å². The van der Waals surface area contributed by atoms with E-state index >= 15 is 0 Å². The lowest BCUT2D eigenvalue weighted by atomic mass is 10.2. The lowest BCUT2D eigenvalue weighted by Gasteiger charge is -2.21. The van der Waals surface area contributed by atoms with E-state index in [0.717, 1.165) is 0 Å². The summed E-state index contributed by atoms with van der Waals surface area (Å²) in [6.45, 7) is 3.84. The van der Waals surface area contributed by atoms with Crippen LogP contribution < -0.4 is 4.74 Å². The van der Waals surface area contributed by atoms with Gasteiger partial charge in [0.2, 0.25) is 0 Å². The Morgan fingerprint density at radius 3 is 2.68 bits per heavy atom. The summed E-state index contributed by atoms with van der Waals surface area (Å²) in [5.41, 5.74) is 1.24. The van der Waals surface area contributed by atoms with Crippen molar-refractivity contribution in [1.29, 1.82) is 5.26 Å². The van der Waals surface area contributed by atoms with Crippen LogP contribution in [0, 0.1) is 18.3 Å². The van der Waals surface area contributed by atoms with Crippen LogP contribution in [0.3, 0.4) is 0 Å². The van der Waals surface area contributed by atoms with Crippen LogP contribution in [0.2, 0.25) is 0 Å². The molecule has 114 valence electrons. The van der Waals surface area contributed by atoms with E-state index in [1.165, 1.54) is 4.90 Å². The van der Waals surface area contributed by atoms with E-state index in [0.29, 0.717) is 29.3 Å². The van der Waals surface area contributed by atoms with Gasteiger partial charge in [0, 0.05) is 13.1 Å². The Bertz CT molecular complexity index is 685. The average molecular weight is 299 g/mol. The van der Waals surface area contributed by atoms with Crippen LogP contribution in [-0.2, 0) is 11.3 Å². The van der Waals surface area contributed by atoms with Gasteiger partial charge in [-0.05, 0) is 38.1 Å². The third-order valence-electron chi connectivity index (χ3n) is 3.10. The Labute approximate surface area is 128 Å². The van der Waals surface area contributed by atoms with Crippen LogP contribution in [0.15, 0.2) is 34.9 Å². The van der Waals surface area contributed by atoms with E-state index < -0.39 is 6.10 Å². The smallest absolute Gasteiger partial charge is 0.263 e. The monoisotopic (exact) mass is 299 g/mol.